The monoisotopic (exact) mass is 306 g/mol. The molecule has 0 saturated carbocycles. The van der Waals surface area contributed by atoms with Gasteiger partial charge in [-0.2, -0.15) is 0 Å². The van der Waals surface area contributed by atoms with Crippen LogP contribution in [0, 0.1) is 13.8 Å². The zero-order chi connectivity index (χ0) is 15.5. The zero-order valence-electron chi connectivity index (χ0n) is 12.7. The molecule has 0 spiro atoms. The number of rotatable bonds is 2. The molecule has 0 bridgehead atoms. The Balaban J connectivity index is 1.75. The highest BCUT2D eigenvalue weighted by Crippen LogP contribution is 2.19. The Morgan fingerprint density at radius 2 is 1.36 bits per heavy atom. The standard InChI is InChI=1S/C19H18N2S/c1-13-9-14(2)11-18(10-13)21-19(22)20-17-8-7-15-5-3-4-6-16(15)12-17/h3-12H,1-2H3,(H2,20,21,22). The lowest BCUT2D eigenvalue weighted by Gasteiger charge is -2.12. The molecule has 2 N–H and O–H groups in total. The van der Waals surface area contributed by atoms with Gasteiger partial charge in [-0.1, -0.05) is 36.4 Å². The number of fused-ring (bicyclic) bond motifs is 1. The Morgan fingerprint density at radius 1 is 0.727 bits per heavy atom. The fourth-order valence-electron chi connectivity index (χ4n) is 2.61. The summed E-state index contributed by atoms with van der Waals surface area (Å²) < 4.78 is 0. The first kappa shape index (κ1) is 14.5. The van der Waals surface area contributed by atoms with Crippen LogP contribution < -0.4 is 10.6 Å². The van der Waals surface area contributed by atoms with Gasteiger partial charge >= 0.3 is 0 Å². The van der Waals surface area contributed by atoms with Crippen molar-refractivity contribution in [1.29, 1.82) is 0 Å². The molecule has 3 rings (SSSR count). The SMILES string of the molecule is Cc1cc(C)cc(NC(=S)Nc2ccc3ccccc3c2)c1. The molecule has 3 aromatic rings. The van der Waals surface area contributed by atoms with Crippen LogP contribution >= 0.6 is 12.2 Å². The first-order chi connectivity index (χ1) is 10.6. The van der Waals surface area contributed by atoms with Gasteiger partial charge < -0.3 is 10.6 Å². The molecule has 0 unspecified atom stereocenters. The van der Waals surface area contributed by atoms with E-state index in [0.29, 0.717) is 5.11 Å². The molecule has 0 aliphatic carbocycles. The Bertz CT molecular complexity index is 819. The van der Waals surface area contributed by atoms with E-state index in [9.17, 15) is 0 Å². The van der Waals surface area contributed by atoms with E-state index >= 15 is 0 Å². The topological polar surface area (TPSA) is 24.1 Å². The van der Waals surface area contributed by atoms with Crippen LogP contribution in [0.1, 0.15) is 11.1 Å². The van der Waals surface area contributed by atoms with Gasteiger partial charge in [-0.3, -0.25) is 0 Å². The van der Waals surface area contributed by atoms with Crippen molar-refractivity contribution < 1.29 is 0 Å². The van der Waals surface area contributed by atoms with Crippen LogP contribution in [-0.4, -0.2) is 5.11 Å². The van der Waals surface area contributed by atoms with Crippen molar-refractivity contribution in [3.8, 4) is 0 Å². The molecule has 0 saturated heterocycles. The van der Waals surface area contributed by atoms with Gasteiger partial charge in [0.1, 0.15) is 0 Å². The molecule has 0 aliphatic rings. The molecule has 110 valence electrons. The van der Waals surface area contributed by atoms with E-state index in [-0.39, 0.29) is 0 Å². The van der Waals surface area contributed by atoms with E-state index in [1.807, 2.05) is 18.2 Å². The average Bonchev–Trinajstić information content (AvgIpc) is 2.45. The van der Waals surface area contributed by atoms with Crippen molar-refractivity contribution in [2.24, 2.45) is 0 Å². The minimum Gasteiger partial charge on any atom is -0.332 e. The molecule has 0 fully saturated rings. The summed E-state index contributed by atoms with van der Waals surface area (Å²) in [7, 11) is 0. The lowest BCUT2D eigenvalue weighted by molar-refractivity contribution is 1.38. The lowest BCUT2D eigenvalue weighted by Crippen LogP contribution is -2.19. The number of anilines is 2. The van der Waals surface area contributed by atoms with Crippen LogP contribution in [0.4, 0.5) is 11.4 Å². The quantitative estimate of drug-likeness (QED) is 0.631. The smallest absolute Gasteiger partial charge is 0.175 e. The van der Waals surface area contributed by atoms with E-state index in [4.69, 9.17) is 12.2 Å². The van der Waals surface area contributed by atoms with Crippen molar-refractivity contribution in [2.75, 3.05) is 10.6 Å². The third-order valence-electron chi connectivity index (χ3n) is 3.49. The Labute approximate surface area is 136 Å². The predicted octanol–water partition coefficient (Wildman–Crippen LogP) is 5.27. The van der Waals surface area contributed by atoms with Gasteiger partial charge in [0.15, 0.2) is 5.11 Å². The van der Waals surface area contributed by atoms with E-state index in [2.05, 4.69) is 66.9 Å². The van der Waals surface area contributed by atoms with Gasteiger partial charge in [-0.15, -0.1) is 0 Å². The second kappa shape index (κ2) is 6.16. The lowest BCUT2D eigenvalue weighted by atomic mass is 10.1. The summed E-state index contributed by atoms with van der Waals surface area (Å²) in [6, 6.07) is 20.8. The summed E-state index contributed by atoms with van der Waals surface area (Å²) in [6.45, 7) is 4.16. The van der Waals surface area contributed by atoms with Gasteiger partial charge in [0.2, 0.25) is 0 Å². The van der Waals surface area contributed by atoms with Gasteiger partial charge in [0.25, 0.3) is 0 Å². The first-order valence-electron chi connectivity index (χ1n) is 7.25. The number of aryl methyl sites for hydroxylation is 2. The van der Waals surface area contributed by atoms with Gasteiger partial charge in [0, 0.05) is 11.4 Å². The second-order valence-electron chi connectivity index (χ2n) is 5.52. The van der Waals surface area contributed by atoms with Crippen molar-refractivity contribution in [1.82, 2.24) is 0 Å². The highest BCUT2D eigenvalue weighted by Gasteiger charge is 2.01. The molecular formula is C19H18N2S. The number of hydrogen-bond donors (Lipinski definition) is 2. The van der Waals surface area contributed by atoms with Crippen LogP contribution in [0.3, 0.4) is 0 Å². The average molecular weight is 306 g/mol. The van der Waals surface area contributed by atoms with Crippen molar-refractivity contribution in [2.45, 2.75) is 13.8 Å². The van der Waals surface area contributed by atoms with Crippen LogP contribution in [0.25, 0.3) is 10.8 Å². The fraction of sp³-hybridized carbons (Fsp3) is 0.105. The highest BCUT2D eigenvalue weighted by molar-refractivity contribution is 7.80. The maximum absolute atomic E-state index is 5.41. The van der Waals surface area contributed by atoms with Gasteiger partial charge in [0.05, 0.1) is 0 Å². The number of hydrogen-bond acceptors (Lipinski definition) is 1. The van der Waals surface area contributed by atoms with E-state index in [0.717, 1.165) is 11.4 Å². The maximum Gasteiger partial charge on any atom is 0.175 e. The molecule has 0 heterocycles. The summed E-state index contributed by atoms with van der Waals surface area (Å²) in [6.07, 6.45) is 0. The summed E-state index contributed by atoms with van der Waals surface area (Å²) >= 11 is 5.41. The van der Waals surface area contributed by atoms with E-state index in [1.54, 1.807) is 0 Å². The predicted molar refractivity (Wildman–Crippen MR) is 99.7 cm³/mol. The minimum absolute atomic E-state index is 0.597. The summed E-state index contributed by atoms with van der Waals surface area (Å²) in [5.41, 5.74) is 4.43. The zero-order valence-corrected chi connectivity index (χ0v) is 13.5. The molecule has 2 nitrogen and oxygen atoms in total. The fourth-order valence-corrected chi connectivity index (χ4v) is 2.84. The summed E-state index contributed by atoms with van der Waals surface area (Å²) in [5.74, 6) is 0. The van der Waals surface area contributed by atoms with Crippen molar-refractivity contribution in [3.63, 3.8) is 0 Å². The Morgan fingerprint density at radius 3 is 2.09 bits per heavy atom. The third kappa shape index (κ3) is 3.43. The summed E-state index contributed by atoms with van der Waals surface area (Å²) in [5, 5.41) is 9.50. The summed E-state index contributed by atoms with van der Waals surface area (Å²) in [4.78, 5) is 0. The Kier molecular flexibility index (Phi) is 4.07. The molecule has 22 heavy (non-hydrogen) atoms. The van der Waals surface area contributed by atoms with Crippen molar-refractivity contribution in [3.05, 3.63) is 71.8 Å². The highest BCUT2D eigenvalue weighted by atomic mass is 32.1. The van der Waals surface area contributed by atoms with Crippen molar-refractivity contribution >= 4 is 39.5 Å². The third-order valence-corrected chi connectivity index (χ3v) is 3.69. The molecule has 0 radical (unpaired) electrons. The van der Waals surface area contributed by atoms with Crippen LogP contribution in [0.15, 0.2) is 60.7 Å². The van der Waals surface area contributed by atoms with E-state index in [1.165, 1.54) is 21.9 Å². The largest absolute Gasteiger partial charge is 0.332 e. The molecule has 0 amide bonds. The Hall–Kier alpha value is -2.39. The first-order valence-corrected chi connectivity index (χ1v) is 7.66. The molecular weight excluding hydrogens is 288 g/mol. The van der Waals surface area contributed by atoms with E-state index < -0.39 is 0 Å². The minimum atomic E-state index is 0.597. The molecule has 0 aromatic heterocycles. The molecule has 0 aliphatic heterocycles. The maximum atomic E-state index is 5.41. The number of benzene rings is 3. The number of nitrogens with one attached hydrogen (secondary N) is 2. The molecule has 3 aromatic carbocycles. The molecule has 3 heteroatoms. The molecule has 0 atom stereocenters. The normalized spacial score (nSPS) is 10.5. The van der Waals surface area contributed by atoms with Gasteiger partial charge in [-0.05, 0) is 72.2 Å². The van der Waals surface area contributed by atoms with Gasteiger partial charge in [-0.25, -0.2) is 0 Å². The van der Waals surface area contributed by atoms with Crippen LogP contribution in [0.5, 0.6) is 0 Å². The van der Waals surface area contributed by atoms with Crippen LogP contribution in [0.2, 0.25) is 0 Å². The second-order valence-corrected chi connectivity index (χ2v) is 5.93. The van der Waals surface area contributed by atoms with Crippen LogP contribution in [-0.2, 0) is 0 Å². The number of thiocarbonyl (C=S) groups is 1.